The minimum Gasteiger partial charge on any atom is -0.493 e. The van der Waals surface area contributed by atoms with Gasteiger partial charge in [-0.1, -0.05) is 363 Å². The van der Waals surface area contributed by atoms with E-state index in [0.717, 1.165) is 88.4 Å². The topological polar surface area (TPSA) is 25.3 Å². The van der Waals surface area contributed by atoms with Crippen molar-refractivity contribution in [1.29, 1.82) is 0 Å². The molecule has 1 heterocycles. The number of unbranched alkanes of at least 4 members (excludes halogenated alkanes) is 46. The smallest absolute Gasteiger partial charge is 0.493 e. The monoisotopic (exact) mass is 1270 g/mol. The van der Waals surface area contributed by atoms with Crippen LogP contribution in [0.1, 0.15) is 448 Å². The summed E-state index contributed by atoms with van der Waals surface area (Å²) in [5, 5.41) is 0. The Kier molecular flexibility index (Phi) is 64.6. The van der Waals surface area contributed by atoms with Gasteiger partial charge in [-0.15, -0.1) is 0 Å². The number of hydrogen-bond donors (Lipinski definition) is 0. The summed E-state index contributed by atoms with van der Waals surface area (Å²) < 4.78 is 1.64. The van der Waals surface area contributed by atoms with E-state index >= 15 is 0 Å². The van der Waals surface area contributed by atoms with Crippen LogP contribution in [0, 0.1) is 13.8 Å². The van der Waals surface area contributed by atoms with Crippen LogP contribution in [0.25, 0.3) is 16.9 Å². The summed E-state index contributed by atoms with van der Waals surface area (Å²) in [6.45, 7) is 26.1. The van der Waals surface area contributed by atoms with Gasteiger partial charge in [0.05, 0.1) is 0 Å². The van der Waals surface area contributed by atoms with E-state index in [1.54, 1.807) is 4.70 Å². The molecule has 1 aliphatic rings. The Morgan fingerprint density at radius 3 is 0.629 bits per heavy atom. The maximum atomic E-state index is 12.4. The van der Waals surface area contributed by atoms with Crippen molar-refractivity contribution in [1.82, 2.24) is 0 Å². The maximum Gasteiger partial charge on any atom is 2.00 e. The molecule has 0 aromatic heterocycles. The SMILES string of the molecule is CCCCCc1cc(CCCCC)cc(C2=C(CCCC)C(CCCC)=C(c3cc(CCCC)cc(CCCC)c3)[N+]2=[N-])c1.[CH2-]CCCCCCCCCCCCCCCCCCCCC.[CH2-]CCCCCCCCCCCCCCCCCCCCC.[Ni+2]. The second kappa shape index (κ2) is 66.1. The van der Waals surface area contributed by atoms with E-state index in [2.05, 4.69) is 106 Å². The molecular weight excluding hydrogens is 1120 g/mol. The quantitative estimate of drug-likeness (QED) is 0.0273. The number of allylic oxidation sites excluding steroid dienone is 2. The van der Waals surface area contributed by atoms with E-state index in [1.807, 2.05) is 0 Å². The molecule has 2 nitrogen and oxygen atoms in total. The molecule has 518 valence electrons. The molecule has 3 heteroatoms. The predicted octanol–water partition coefficient (Wildman–Crippen LogP) is 30.7. The molecule has 2 aromatic carbocycles. The van der Waals surface area contributed by atoms with Gasteiger partial charge in [0.1, 0.15) is 0 Å². The summed E-state index contributed by atoms with van der Waals surface area (Å²) in [7, 11) is 0. The summed E-state index contributed by atoms with van der Waals surface area (Å²) in [5.74, 6) is 0. The second-order valence-electron chi connectivity index (χ2n) is 27.8. The number of nitrogens with zero attached hydrogens (tertiary/aromatic N) is 2. The number of aryl methyl sites for hydroxylation is 4. The van der Waals surface area contributed by atoms with Crippen molar-refractivity contribution in [3.05, 3.63) is 100 Å². The fraction of sp³-hybridized carbons (Fsp3) is 0.791. The van der Waals surface area contributed by atoms with Gasteiger partial charge in [-0.25, -0.2) is 4.70 Å². The van der Waals surface area contributed by atoms with Gasteiger partial charge in [-0.05, 0) is 124 Å². The van der Waals surface area contributed by atoms with Crippen molar-refractivity contribution in [2.75, 3.05) is 0 Å². The van der Waals surface area contributed by atoms with Crippen molar-refractivity contribution in [2.45, 2.75) is 441 Å². The molecule has 89 heavy (non-hydrogen) atoms. The Hall–Kier alpha value is -1.99. The first kappa shape index (κ1) is 87.0. The van der Waals surface area contributed by atoms with Crippen molar-refractivity contribution >= 4 is 11.4 Å². The molecule has 0 saturated heterocycles. The molecule has 0 unspecified atom stereocenters. The summed E-state index contributed by atoms with van der Waals surface area (Å²) in [6.07, 6.45) is 81.0. The third kappa shape index (κ3) is 46.7. The minimum absolute atomic E-state index is 0. The van der Waals surface area contributed by atoms with Gasteiger partial charge in [-0.3, -0.25) is 0 Å². The normalized spacial score (nSPS) is 12.2. The summed E-state index contributed by atoms with van der Waals surface area (Å²) >= 11 is 0. The van der Waals surface area contributed by atoms with Gasteiger partial charge in [0, 0.05) is 22.3 Å². The molecule has 0 radical (unpaired) electrons. The molecule has 1 aliphatic heterocycles. The predicted molar refractivity (Wildman–Crippen MR) is 400 cm³/mol. The van der Waals surface area contributed by atoms with Crippen LogP contribution in [0.15, 0.2) is 47.5 Å². The van der Waals surface area contributed by atoms with Gasteiger partial charge in [0.15, 0.2) is 0 Å². The van der Waals surface area contributed by atoms with Crippen LogP contribution < -0.4 is 0 Å². The molecule has 0 amide bonds. The molecular formula is C86H154N2Ni. The Labute approximate surface area is 570 Å². The molecule has 2 aromatic rings. The van der Waals surface area contributed by atoms with Gasteiger partial charge >= 0.3 is 16.5 Å². The molecule has 0 N–H and O–H groups in total. The molecule has 0 spiro atoms. The van der Waals surface area contributed by atoms with Gasteiger partial charge in [0.25, 0.3) is 0 Å². The first-order chi connectivity index (χ1) is 43.3. The van der Waals surface area contributed by atoms with Crippen LogP contribution in [-0.2, 0) is 42.2 Å². The van der Waals surface area contributed by atoms with Gasteiger partial charge in [0.2, 0.25) is 11.4 Å². The van der Waals surface area contributed by atoms with E-state index in [9.17, 15) is 5.53 Å². The standard InChI is InChI=1S/C42H64N2.2C22H45.Ni/c1-7-13-19-23-35-28-36(24-20-14-8-2)32-38(31-35)42-40(26-18-12-6)39(25-17-11-5)41(44(42)43)37-29-33(21-15-9-3)27-34(30-37)22-16-10-4;2*1-3-5-7-9-11-13-15-17-19-21-22-20-18-16-14-12-10-8-6-4-2;/h27-32H,7-26H2,1-6H3;2*1,3-22H2,2H3;/q;2*-1;+2. The van der Waals surface area contributed by atoms with Crippen molar-refractivity contribution in [3.8, 4) is 0 Å². The maximum absolute atomic E-state index is 12.4. The Morgan fingerprint density at radius 1 is 0.236 bits per heavy atom. The van der Waals surface area contributed by atoms with Crippen molar-refractivity contribution < 1.29 is 21.2 Å². The Bertz CT molecular complexity index is 1780. The zero-order valence-corrected chi connectivity index (χ0v) is 62.5. The average Bonchev–Trinajstić information content (AvgIpc) is 1.73. The summed E-state index contributed by atoms with van der Waals surface area (Å²) in [6, 6.07) is 14.5. The average molecular weight is 1270 g/mol. The zero-order valence-electron chi connectivity index (χ0n) is 61.5. The molecule has 0 atom stereocenters. The third-order valence-electron chi connectivity index (χ3n) is 19.1. The van der Waals surface area contributed by atoms with Crippen LogP contribution in [0.5, 0.6) is 0 Å². The zero-order chi connectivity index (χ0) is 64.0. The van der Waals surface area contributed by atoms with E-state index < -0.39 is 0 Å². The molecule has 3 rings (SSSR count). The van der Waals surface area contributed by atoms with Crippen LogP contribution in [-0.4, -0.2) is 4.70 Å². The molecule has 0 bridgehead atoms. The van der Waals surface area contributed by atoms with Crippen molar-refractivity contribution in [3.63, 3.8) is 0 Å². The van der Waals surface area contributed by atoms with E-state index in [4.69, 9.17) is 0 Å². The van der Waals surface area contributed by atoms with Crippen LogP contribution in [0.4, 0.5) is 0 Å². The van der Waals surface area contributed by atoms with Gasteiger partial charge in [-0.2, -0.15) is 12.8 Å². The minimum atomic E-state index is 0. The van der Waals surface area contributed by atoms with E-state index in [1.165, 1.54) is 353 Å². The third-order valence-corrected chi connectivity index (χ3v) is 19.1. The van der Waals surface area contributed by atoms with Crippen molar-refractivity contribution in [2.24, 2.45) is 0 Å². The number of rotatable bonds is 60. The van der Waals surface area contributed by atoms with Gasteiger partial charge < -0.3 is 19.4 Å². The molecule has 0 fully saturated rings. The summed E-state index contributed by atoms with van der Waals surface area (Å²) in [4.78, 5) is 0. The summed E-state index contributed by atoms with van der Waals surface area (Å²) in [5.41, 5.74) is 25.4. The fourth-order valence-corrected chi connectivity index (χ4v) is 13.3. The largest absolute Gasteiger partial charge is 2.00 e. The Balaban J connectivity index is 0.00000145. The van der Waals surface area contributed by atoms with E-state index in [0.29, 0.717) is 0 Å². The second-order valence-corrected chi connectivity index (χ2v) is 27.8. The number of hydrogen-bond acceptors (Lipinski definition) is 0. The fourth-order valence-electron chi connectivity index (χ4n) is 13.3. The molecule has 0 aliphatic carbocycles. The van der Waals surface area contributed by atoms with Crippen LogP contribution in [0.2, 0.25) is 0 Å². The first-order valence-corrected chi connectivity index (χ1v) is 40.1. The van der Waals surface area contributed by atoms with E-state index in [-0.39, 0.29) is 16.5 Å². The number of benzene rings is 2. The molecule has 0 saturated carbocycles. The first-order valence-electron chi connectivity index (χ1n) is 40.1. The van der Waals surface area contributed by atoms with Crippen LogP contribution in [0.3, 0.4) is 0 Å². The van der Waals surface area contributed by atoms with Crippen LogP contribution >= 0.6 is 0 Å². The Morgan fingerprint density at radius 2 is 0.416 bits per heavy atom.